The van der Waals surface area contributed by atoms with Gasteiger partial charge in [-0.15, -0.1) is 11.8 Å². The smallest absolute Gasteiger partial charge is 0.350 e. The fourth-order valence-corrected chi connectivity index (χ4v) is 9.15. The van der Waals surface area contributed by atoms with Crippen LogP contribution in [0.3, 0.4) is 0 Å². The molecular weight excluding hydrogens is 558 g/mol. The van der Waals surface area contributed by atoms with E-state index in [4.69, 9.17) is 11.6 Å². The summed E-state index contributed by atoms with van der Waals surface area (Å²) >= 11 is 8.15. The summed E-state index contributed by atoms with van der Waals surface area (Å²) < 4.78 is 55.0. The lowest BCUT2D eigenvalue weighted by Gasteiger charge is -2.49. The van der Waals surface area contributed by atoms with Crippen LogP contribution in [0.15, 0.2) is 46.6 Å². The van der Waals surface area contributed by atoms with E-state index in [0.29, 0.717) is 39.5 Å². The number of aromatic nitrogens is 2. The molecule has 0 spiro atoms. The first-order valence-corrected chi connectivity index (χ1v) is 15.0. The van der Waals surface area contributed by atoms with Gasteiger partial charge >= 0.3 is 5.69 Å². The van der Waals surface area contributed by atoms with Crippen molar-refractivity contribution in [1.29, 1.82) is 0 Å². The lowest BCUT2D eigenvalue weighted by atomic mass is 10.0. The second-order valence-corrected chi connectivity index (χ2v) is 13.2. The Balaban J connectivity index is 1.53. The number of fused-ring (bicyclic) bond motifs is 2. The molecule has 2 fully saturated rings. The second kappa shape index (κ2) is 9.06. The van der Waals surface area contributed by atoms with Crippen LogP contribution in [0.4, 0.5) is 14.6 Å². The molecule has 6 rings (SSSR count). The Morgan fingerprint density at radius 1 is 1.18 bits per heavy atom. The van der Waals surface area contributed by atoms with Crippen LogP contribution in [0.5, 0.6) is 0 Å². The van der Waals surface area contributed by atoms with E-state index in [0.717, 1.165) is 12.1 Å². The van der Waals surface area contributed by atoms with Crippen molar-refractivity contribution in [3.8, 4) is 11.1 Å². The Morgan fingerprint density at radius 2 is 1.89 bits per heavy atom. The third kappa shape index (κ3) is 4.00. The minimum atomic E-state index is -3.36. The number of hydrogen-bond acceptors (Lipinski definition) is 7. The molecular formula is C25H21ClF2N4O4S2. The highest BCUT2D eigenvalue weighted by Crippen LogP contribution is 2.46. The first kappa shape index (κ1) is 25.3. The molecule has 2 atom stereocenters. The SMILES string of the molecule is C=CC(=O)N1C2CN(c3nc(=O)n4c5c(c(-c6ccc(F)cc6F)c(Cl)cc35)SCC4)CC1CS(=O)(=O)C2. The average Bonchev–Trinajstić information content (AvgIpc) is 2.85. The van der Waals surface area contributed by atoms with Crippen LogP contribution in [0.2, 0.25) is 5.02 Å². The molecule has 1 aromatic heterocycles. The summed E-state index contributed by atoms with van der Waals surface area (Å²) in [5, 5.41) is 0.774. The summed E-state index contributed by atoms with van der Waals surface area (Å²) in [5.41, 5.74) is 0.540. The molecule has 0 saturated carbocycles. The van der Waals surface area contributed by atoms with E-state index >= 15 is 0 Å². The van der Waals surface area contributed by atoms with Crippen molar-refractivity contribution in [2.45, 2.75) is 23.5 Å². The molecule has 2 aromatic carbocycles. The highest BCUT2D eigenvalue weighted by Gasteiger charge is 2.46. The molecule has 0 aliphatic carbocycles. The molecule has 2 saturated heterocycles. The van der Waals surface area contributed by atoms with E-state index in [1.165, 1.54) is 28.5 Å². The highest BCUT2D eigenvalue weighted by atomic mass is 35.5. The van der Waals surface area contributed by atoms with E-state index < -0.39 is 39.2 Å². The van der Waals surface area contributed by atoms with Gasteiger partial charge < -0.3 is 9.80 Å². The van der Waals surface area contributed by atoms with Gasteiger partial charge in [-0.2, -0.15) is 4.98 Å². The summed E-state index contributed by atoms with van der Waals surface area (Å²) in [5.74, 6) is -1.37. The summed E-state index contributed by atoms with van der Waals surface area (Å²) in [6.45, 7) is 4.23. The average molecular weight is 579 g/mol. The second-order valence-electron chi connectivity index (χ2n) is 9.54. The predicted molar refractivity (Wildman–Crippen MR) is 143 cm³/mol. The number of nitrogens with zero attached hydrogens (tertiary/aromatic N) is 4. The maximum absolute atomic E-state index is 14.8. The van der Waals surface area contributed by atoms with E-state index in [9.17, 15) is 26.8 Å². The number of anilines is 1. The van der Waals surface area contributed by atoms with Crippen LogP contribution in [0, 0.1) is 11.6 Å². The zero-order chi connectivity index (χ0) is 26.9. The quantitative estimate of drug-likeness (QED) is 0.441. The zero-order valence-electron chi connectivity index (χ0n) is 19.9. The Kier molecular flexibility index (Phi) is 6.04. The summed E-state index contributed by atoms with van der Waals surface area (Å²) in [7, 11) is -3.36. The number of carbonyl (C=O) groups is 1. The first-order valence-electron chi connectivity index (χ1n) is 11.8. The fraction of sp³-hybridized carbons (Fsp3) is 0.320. The van der Waals surface area contributed by atoms with Gasteiger partial charge in [-0.25, -0.2) is 22.0 Å². The molecule has 198 valence electrons. The summed E-state index contributed by atoms with van der Waals surface area (Å²) in [4.78, 5) is 34.1. The minimum Gasteiger partial charge on any atom is -0.352 e. The minimum absolute atomic E-state index is 0.122. The van der Waals surface area contributed by atoms with Crippen LogP contribution in [-0.2, 0) is 21.2 Å². The topological polar surface area (TPSA) is 92.6 Å². The molecule has 3 aliphatic rings. The number of piperazine rings is 1. The van der Waals surface area contributed by atoms with Crippen LogP contribution >= 0.6 is 23.4 Å². The van der Waals surface area contributed by atoms with Gasteiger partial charge in [0.25, 0.3) is 0 Å². The molecule has 3 aliphatic heterocycles. The van der Waals surface area contributed by atoms with Crippen molar-refractivity contribution in [3.05, 3.63) is 64.1 Å². The third-order valence-electron chi connectivity index (χ3n) is 7.18. The Bertz CT molecular complexity index is 1690. The number of carbonyl (C=O) groups excluding carboxylic acids is 1. The summed E-state index contributed by atoms with van der Waals surface area (Å²) in [6, 6.07) is 3.62. The standard InChI is InChI=1S/C25H21ClF2N4O4S2/c1-2-20(33)32-14-9-30(10-15(32)12-38(35,36)11-14)24-17-8-18(26)21(16-4-3-13(27)7-19(16)28)23-22(17)31(5-6-37-23)25(34)29-24/h2-4,7-8,14-15H,1,5-6,9-12H2. The van der Waals surface area contributed by atoms with Crippen LogP contribution in [-0.4, -0.2) is 71.2 Å². The number of amides is 1. The summed E-state index contributed by atoms with van der Waals surface area (Å²) in [6.07, 6.45) is 1.17. The number of aryl methyl sites for hydroxylation is 1. The van der Waals surface area contributed by atoms with Gasteiger partial charge in [0, 0.05) is 52.9 Å². The molecule has 13 heteroatoms. The number of halogens is 3. The largest absolute Gasteiger partial charge is 0.352 e. The van der Waals surface area contributed by atoms with Crippen molar-refractivity contribution in [3.63, 3.8) is 0 Å². The third-order valence-corrected chi connectivity index (χ3v) is 10.3. The lowest BCUT2D eigenvalue weighted by Crippen LogP contribution is -2.67. The Hall–Kier alpha value is -2.96. The van der Waals surface area contributed by atoms with Gasteiger partial charge in [0.15, 0.2) is 9.84 Å². The maximum Gasteiger partial charge on any atom is 0.350 e. The normalized spacial score (nSPS) is 22.0. The van der Waals surface area contributed by atoms with Crippen LogP contribution in [0.1, 0.15) is 0 Å². The van der Waals surface area contributed by atoms with Gasteiger partial charge in [0.1, 0.15) is 17.5 Å². The van der Waals surface area contributed by atoms with E-state index in [1.807, 2.05) is 4.90 Å². The van der Waals surface area contributed by atoms with Crippen molar-refractivity contribution < 1.29 is 22.0 Å². The van der Waals surface area contributed by atoms with Gasteiger partial charge in [0.2, 0.25) is 5.91 Å². The van der Waals surface area contributed by atoms with Crippen LogP contribution in [0.25, 0.3) is 22.0 Å². The van der Waals surface area contributed by atoms with Gasteiger partial charge in [-0.05, 0) is 24.3 Å². The van der Waals surface area contributed by atoms with Crippen molar-refractivity contribution in [2.24, 2.45) is 0 Å². The Morgan fingerprint density at radius 3 is 2.55 bits per heavy atom. The molecule has 0 radical (unpaired) electrons. The zero-order valence-corrected chi connectivity index (χ0v) is 22.3. The van der Waals surface area contributed by atoms with E-state index in [1.54, 1.807) is 11.0 Å². The van der Waals surface area contributed by atoms with Crippen LogP contribution < -0.4 is 10.6 Å². The molecule has 2 bridgehead atoms. The molecule has 4 heterocycles. The number of rotatable bonds is 3. The molecule has 38 heavy (non-hydrogen) atoms. The van der Waals surface area contributed by atoms with E-state index in [2.05, 4.69) is 11.6 Å². The predicted octanol–water partition coefficient (Wildman–Crippen LogP) is 3.10. The molecule has 0 N–H and O–H groups in total. The van der Waals surface area contributed by atoms with Gasteiger partial charge in [-0.1, -0.05) is 18.2 Å². The first-order chi connectivity index (χ1) is 18.1. The molecule has 1 amide bonds. The number of hydrogen-bond donors (Lipinski definition) is 0. The molecule has 8 nitrogen and oxygen atoms in total. The number of benzene rings is 2. The molecule has 3 aromatic rings. The Labute approximate surface area is 225 Å². The maximum atomic E-state index is 14.8. The fourth-order valence-electron chi connectivity index (χ4n) is 5.75. The number of thioether (sulfide) groups is 1. The van der Waals surface area contributed by atoms with E-state index in [-0.39, 0.29) is 41.1 Å². The van der Waals surface area contributed by atoms with Gasteiger partial charge in [-0.3, -0.25) is 9.36 Å². The van der Waals surface area contributed by atoms with Crippen molar-refractivity contribution >= 4 is 55.8 Å². The highest BCUT2D eigenvalue weighted by molar-refractivity contribution is 7.99. The lowest BCUT2D eigenvalue weighted by molar-refractivity contribution is -0.130. The molecule has 2 unspecified atom stereocenters. The van der Waals surface area contributed by atoms with Crippen molar-refractivity contribution in [2.75, 3.05) is 35.2 Å². The van der Waals surface area contributed by atoms with Gasteiger partial charge in [0.05, 0.1) is 34.1 Å². The number of sulfone groups is 1. The van der Waals surface area contributed by atoms with Crippen molar-refractivity contribution in [1.82, 2.24) is 14.5 Å². The monoisotopic (exact) mass is 578 g/mol.